The van der Waals surface area contributed by atoms with E-state index in [0.717, 1.165) is 16.7 Å². The van der Waals surface area contributed by atoms with E-state index in [4.69, 9.17) is 11.6 Å². The Kier molecular flexibility index (Phi) is 6.54. The van der Waals surface area contributed by atoms with Crippen LogP contribution in [0, 0.1) is 0 Å². The fraction of sp³-hybridized carbons (Fsp3) is 0.136. The van der Waals surface area contributed by atoms with Gasteiger partial charge in [0, 0.05) is 29.5 Å². The van der Waals surface area contributed by atoms with Crippen molar-refractivity contribution in [1.82, 2.24) is 9.47 Å². The van der Waals surface area contributed by atoms with E-state index in [1.165, 1.54) is 5.56 Å². The number of halogens is 2. The minimum Gasteiger partial charge on any atom is -0.345 e. The topological polar surface area (TPSA) is 25.2 Å². The van der Waals surface area contributed by atoms with Crippen molar-refractivity contribution in [2.45, 2.75) is 13.1 Å². The number of aromatic nitrogens is 1. The summed E-state index contributed by atoms with van der Waals surface area (Å²) >= 11 is 9.67. The third kappa shape index (κ3) is 4.90. The van der Waals surface area contributed by atoms with E-state index in [0.29, 0.717) is 23.7 Å². The Bertz CT molecular complexity index is 933. The highest BCUT2D eigenvalue weighted by Gasteiger charge is 2.18. The maximum atomic E-state index is 13.0. The van der Waals surface area contributed by atoms with E-state index >= 15 is 0 Å². The van der Waals surface area contributed by atoms with E-state index in [1.807, 2.05) is 42.6 Å². The first-order chi connectivity index (χ1) is 13.1. The van der Waals surface area contributed by atoms with Crippen LogP contribution in [0.4, 0.5) is 0 Å². The average Bonchev–Trinajstić information content (AvgIpc) is 3.10. The predicted molar refractivity (Wildman–Crippen MR) is 114 cm³/mol. The number of carbonyl (C=O) groups is 1. The predicted octanol–water partition coefficient (Wildman–Crippen LogP) is 5.78. The van der Waals surface area contributed by atoms with Crippen LogP contribution in [0.2, 0.25) is 5.02 Å². The highest BCUT2D eigenvalue weighted by molar-refractivity contribution is 9.10. The number of amides is 1. The minimum absolute atomic E-state index is 0.100. The van der Waals surface area contributed by atoms with Gasteiger partial charge in [-0.05, 0) is 42.0 Å². The lowest BCUT2D eigenvalue weighted by Gasteiger charge is -2.23. The molecule has 0 saturated carbocycles. The maximum Gasteiger partial charge on any atom is 0.256 e. The second-order valence-corrected chi connectivity index (χ2v) is 7.53. The molecule has 3 nitrogen and oxygen atoms in total. The van der Waals surface area contributed by atoms with E-state index < -0.39 is 0 Å². The summed E-state index contributed by atoms with van der Waals surface area (Å²) in [6.07, 6.45) is 3.76. The molecule has 3 rings (SSSR count). The third-order valence-corrected chi connectivity index (χ3v) is 5.14. The lowest BCUT2D eigenvalue weighted by molar-refractivity contribution is 0.0759. The second kappa shape index (κ2) is 9.07. The summed E-state index contributed by atoms with van der Waals surface area (Å²) in [5, 5.41) is 0.460. The van der Waals surface area contributed by atoms with E-state index in [9.17, 15) is 4.79 Å². The number of benzene rings is 2. The smallest absolute Gasteiger partial charge is 0.256 e. The molecule has 0 unspecified atom stereocenters. The summed E-state index contributed by atoms with van der Waals surface area (Å²) in [6, 6.07) is 19.4. The Labute approximate surface area is 173 Å². The number of rotatable bonds is 7. The second-order valence-electron chi connectivity index (χ2n) is 6.21. The fourth-order valence-electron chi connectivity index (χ4n) is 2.91. The van der Waals surface area contributed by atoms with E-state index in [-0.39, 0.29) is 5.91 Å². The summed E-state index contributed by atoms with van der Waals surface area (Å²) < 4.78 is 3.21. The van der Waals surface area contributed by atoms with E-state index in [1.54, 1.807) is 23.1 Å². The van der Waals surface area contributed by atoms with Crippen molar-refractivity contribution in [3.8, 4) is 0 Å². The van der Waals surface area contributed by atoms with Gasteiger partial charge in [-0.2, -0.15) is 0 Å². The zero-order valence-electron chi connectivity index (χ0n) is 14.8. The third-order valence-electron chi connectivity index (χ3n) is 4.28. The highest BCUT2D eigenvalue weighted by atomic mass is 79.9. The van der Waals surface area contributed by atoms with Crippen LogP contribution in [0.1, 0.15) is 21.6 Å². The number of hydrogen-bond donors (Lipinski definition) is 0. The Morgan fingerprint density at radius 2 is 1.85 bits per heavy atom. The van der Waals surface area contributed by atoms with Gasteiger partial charge < -0.3 is 9.47 Å². The molecule has 0 aliphatic carbocycles. The number of carbonyl (C=O) groups excluding carboxylic acids is 1. The number of hydrogen-bond acceptors (Lipinski definition) is 1. The van der Waals surface area contributed by atoms with E-state index in [2.05, 4.69) is 39.2 Å². The first-order valence-corrected chi connectivity index (χ1v) is 9.78. The molecule has 0 aliphatic heterocycles. The molecule has 27 heavy (non-hydrogen) atoms. The van der Waals surface area contributed by atoms with Crippen LogP contribution in [-0.2, 0) is 13.1 Å². The maximum absolute atomic E-state index is 13.0. The molecule has 0 fully saturated rings. The molecule has 0 aliphatic rings. The van der Waals surface area contributed by atoms with Gasteiger partial charge in [0.15, 0.2) is 0 Å². The Hall–Kier alpha value is -2.30. The molecular formula is C22H20BrClN2O. The highest BCUT2D eigenvalue weighted by Crippen LogP contribution is 2.19. The van der Waals surface area contributed by atoms with Crippen LogP contribution in [0.3, 0.4) is 0 Å². The standard InChI is InChI=1S/C22H20BrClN2O/c1-2-13-26(22(27)20-7-3-4-8-21(20)24)16-19-6-5-14-25(19)15-17-9-11-18(23)12-10-17/h2-12,14H,1,13,15-16H2. The average molecular weight is 444 g/mol. The van der Waals surface area contributed by atoms with Gasteiger partial charge in [0.25, 0.3) is 5.91 Å². The molecule has 2 aromatic carbocycles. The van der Waals surface area contributed by atoms with Gasteiger partial charge >= 0.3 is 0 Å². The van der Waals surface area contributed by atoms with Crippen molar-refractivity contribution < 1.29 is 4.79 Å². The molecule has 1 heterocycles. The molecule has 138 valence electrons. The first kappa shape index (κ1) is 19.5. The molecule has 0 radical (unpaired) electrons. The largest absolute Gasteiger partial charge is 0.345 e. The van der Waals surface area contributed by atoms with Gasteiger partial charge in [-0.15, -0.1) is 6.58 Å². The lowest BCUT2D eigenvalue weighted by Crippen LogP contribution is -2.31. The summed E-state index contributed by atoms with van der Waals surface area (Å²) in [5.41, 5.74) is 2.76. The molecule has 3 aromatic rings. The van der Waals surface area contributed by atoms with Crippen LogP contribution in [0.15, 0.2) is 84.0 Å². The lowest BCUT2D eigenvalue weighted by atomic mass is 10.2. The van der Waals surface area contributed by atoms with Crippen LogP contribution in [0.25, 0.3) is 0 Å². The molecule has 0 saturated heterocycles. The van der Waals surface area contributed by atoms with Crippen molar-refractivity contribution >= 4 is 33.4 Å². The van der Waals surface area contributed by atoms with Gasteiger partial charge in [0.2, 0.25) is 0 Å². The Morgan fingerprint density at radius 1 is 1.11 bits per heavy atom. The Morgan fingerprint density at radius 3 is 2.56 bits per heavy atom. The van der Waals surface area contributed by atoms with Crippen LogP contribution in [0.5, 0.6) is 0 Å². The summed E-state index contributed by atoms with van der Waals surface area (Å²) in [4.78, 5) is 14.7. The fourth-order valence-corrected chi connectivity index (χ4v) is 3.39. The molecular weight excluding hydrogens is 424 g/mol. The SMILES string of the molecule is C=CCN(Cc1cccn1Cc1ccc(Br)cc1)C(=O)c1ccccc1Cl. The van der Waals surface area contributed by atoms with Crippen LogP contribution in [-0.4, -0.2) is 21.9 Å². The summed E-state index contributed by atoms with van der Waals surface area (Å²) in [7, 11) is 0. The van der Waals surface area contributed by atoms with Crippen molar-refractivity contribution in [3.05, 3.63) is 106 Å². The first-order valence-electron chi connectivity index (χ1n) is 8.61. The van der Waals surface area contributed by atoms with Gasteiger partial charge in [0.05, 0.1) is 17.1 Å². The zero-order valence-corrected chi connectivity index (χ0v) is 17.2. The van der Waals surface area contributed by atoms with Gasteiger partial charge in [-0.25, -0.2) is 0 Å². The van der Waals surface area contributed by atoms with Gasteiger partial charge in [-0.3, -0.25) is 4.79 Å². The van der Waals surface area contributed by atoms with Gasteiger partial charge in [-0.1, -0.05) is 57.9 Å². The van der Waals surface area contributed by atoms with Gasteiger partial charge in [0.1, 0.15) is 0 Å². The summed E-state index contributed by atoms with van der Waals surface area (Å²) in [6.45, 7) is 5.47. The number of nitrogens with zero attached hydrogens (tertiary/aromatic N) is 2. The zero-order chi connectivity index (χ0) is 19.2. The normalized spacial score (nSPS) is 10.6. The molecule has 1 aromatic heterocycles. The molecule has 5 heteroatoms. The molecule has 0 N–H and O–H groups in total. The quantitative estimate of drug-likeness (QED) is 0.425. The monoisotopic (exact) mass is 442 g/mol. The van der Waals surface area contributed by atoms with Crippen LogP contribution >= 0.6 is 27.5 Å². The van der Waals surface area contributed by atoms with Crippen molar-refractivity contribution in [1.29, 1.82) is 0 Å². The molecule has 0 bridgehead atoms. The van der Waals surface area contributed by atoms with Crippen molar-refractivity contribution in [2.75, 3.05) is 6.54 Å². The van der Waals surface area contributed by atoms with Crippen molar-refractivity contribution in [2.24, 2.45) is 0 Å². The molecule has 1 amide bonds. The molecule has 0 spiro atoms. The minimum atomic E-state index is -0.100. The molecule has 0 atom stereocenters. The summed E-state index contributed by atoms with van der Waals surface area (Å²) in [5.74, 6) is -0.100. The van der Waals surface area contributed by atoms with Crippen LogP contribution < -0.4 is 0 Å². The van der Waals surface area contributed by atoms with Crippen molar-refractivity contribution in [3.63, 3.8) is 0 Å². The Balaban J connectivity index is 1.80.